The highest BCUT2D eigenvalue weighted by Crippen LogP contribution is 2.26. The number of halogens is 1. The maximum atomic E-state index is 13.1. The van der Waals surface area contributed by atoms with E-state index in [0.717, 1.165) is 6.42 Å². The fraction of sp³-hybridized carbons (Fsp3) is 0.375. The van der Waals surface area contributed by atoms with Crippen LogP contribution in [0.25, 0.3) is 11.4 Å². The number of amides is 1. The molecule has 1 amide bonds. The molecule has 0 bridgehead atoms. The first-order valence-electron chi connectivity index (χ1n) is 11.2. The van der Waals surface area contributed by atoms with Crippen LogP contribution in [0.3, 0.4) is 0 Å². The molecule has 2 aromatic carbocycles. The summed E-state index contributed by atoms with van der Waals surface area (Å²) in [5, 5.41) is 6.55. The van der Waals surface area contributed by atoms with Gasteiger partial charge in [-0.25, -0.2) is 12.8 Å². The minimum Gasteiger partial charge on any atom is -0.337 e. The standard InChI is InChI=1S/C24H30FN5O4S/c1-5-15(2)20(26)22-28-21(29-34-22)16-8-6-11-19(12-16)35(32,33)30-18-10-7-9-17(13-18)27-23(31)24(3,4)14-25/h6-13,15,20,30H,5,14,26H2,1-4H3,(H,27,31)/t15-,20+/m1/s1. The first-order chi connectivity index (χ1) is 16.5. The monoisotopic (exact) mass is 503 g/mol. The molecule has 3 rings (SSSR count). The number of alkyl halides is 1. The lowest BCUT2D eigenvalue weighted by Crippen LogP contribution is -2.32. The Kier molecular flexibility index (Phi) is 7.91. The molecular formula is C24H30FN5O4S. The van der Waals surface area contributed by atoms with Gasteiger partial charge in [0.2, 0.25) is 17.6 Å². The number of nitrogens with two attached hydrogens (primary N) is 1. The van der Waals surface area contributed by atoms with Crippen LogP contribution < -0.4 is 15.8 Å². The Bertz CT molecular complexity index is 1290. The van der Waals surface area contributed by atoms with E-state index in [4.69, 9.17) is 10.3 Å². The highest BCUT2D eigenvalue weighted by Gasteiger charge is 2.28. The molecular weight excluding hydrogens is 473 g/mol. The van der Waals surface area contributed by atoms with E-state index < -0.39 is 34.1 Å². The van der Waals surface area contributed by atoms with Gasteiger partial charge < -0.3 is 15.6 Å². The Balaban J connectivity index is 1.80. The average molecular weight is 504 g/mol. The van der Waals surface area contributed by atoms with Crippen LogP contribution >= 0.6 is 0 Å². The van der Waals surface area contributed by atoms with Gasteiger partial charge in [0.15, 0.2) is 0 Å². The fourth-order valence-electron chi connectivity index (χ4n) is 3.02. The van der Waals surface area contributed by atoms with E-state index in [1.54, 1.807) is 30.3 Å². The molecule has 0 saturated carbocycles. The Hall–Kier alpha value is -3.31. The predicted molar refractivity (Wildman–Crippen MR) is 132 cm³/mol. The lowest BCUT2D eigenvalue weighted by Gasteiger charge is -2.19. The molecule has 0 unspecified atom stereocenters. The van der Waals surface area contributed by atoms with Gasteiger partial charge in [-0.1, -0.05) is 43.6 Å². The molecule has 1 aromatic heterocycles. The van der Waals surface area contributed by atoms with Crippen LogP contribution in [0.5, 0.6) is 0 Å². The minimum absolute atomic E-state index is 0.0134. The molecule has 188 valence electrons. The van der Waals surface area contributed by atoms with Gasteiger partial charge in [0, 0.05) is 11.3 Å². The van der Waals surface area contributed by atoms with Crippen LogP contribution in [0.4, 0.5) is 15.8 Å². The van der Waals surface area contributed by atoms with Crippen LogP contribution in [0.1, 0.15) is 46.0 Å². The predicted octanol–water partition coefficient (Wildman–Crippen LogP) is 4.52. The van der Waals surface area contributed by atoms with Crippen molar-refractivity contribution in [3.05, 3.63) is 54.4 Å². The van der Waals surface area contributed by atoms with Crippen LogP contribution in [0.15, 0.2) is 57.9 Å². The van der Waals surface area contributed by atoms with Gasteiger partial charge in [-0.3, -0.25) is 9.52 Å². The molecule has 35 heavy (non-hydrogen) atoms. The van der Waals surface area contributed by atoms with Gasteiger partial charge in [0.05, 0.1) is 22.0 Å². The summed E-state index contributed by atoms with van der Waals surface area (Å²) in [6, 6.07) is 11.9. The van der Waals surface area contributed by atoms with Gasteiger partial charge in [0.1, 0.15) is 6.67 Å². The number of rotatable bonds is 10. The quantitative estimate of drug-likeness (QED) is 0.369. The van der Waals surface area contributed by atoms with Crippen molar-refractivity contribution in [2.24, 2.45) is 17.1 Å². The zero-order valence-electron chi connectivity index (χ0n) is 20.1. The molecule has 4 N–H and O–H groups in total. The number of anilines is 2. The van der Waals surface area contributed by atoms with Gasteiger partial charge in [-0.15, -0.1) is 0 Å². The van der Waals surface area contributed by atoms with Crippen molar-refractivity contribution < 1.29 is 22.1 Å². The molecule has 1 heterocycles. The van der Waals surface area contributed by atoms with Crippen LogP contribution in [0, 0.1) is 11.3 Å². The van der Waals surface area contributed by atoms with E-state index in [2.05, 4.69) is 20.2 Å². The number of hydrogen-bond donors (Lipinski definition) is 3. The summed E-state index contributed by atoms with van der Waals surface area (Å²) in [5.74, 6) is 0.148. The third kappa shape index (κ3) is 6.23. The largest absolute Gasteiger partial charge is 0.337 e. The SMILES string of the molecule is CC[C@@H](C)[C@H](N)c1nc(-c2cccc(S(=O)(=O)Nc3cccc(NC(=O)C(C)(C)CF)c3)c2)no1. The molecule has 9 nitrogen and oxygen atoms in total. The summed E-state index contributed by atoms with van der Waals surface area (Å²) in [6.45, 7) is 6.12. The van der Waals surface area contributed by atoms with Crippen molar-refractivity contribution in [1.29, 1.82) is 0 Å². The Morgan fingerprint density at radius 1 is 1.17 bits per heavy atom. The lowest BCUT2D eigenvalue weighted by atomic mass is 9.94. The average Bonchev–Trinajstić information content (AvgIpc) is 3.33. The number of benzene rings is 2. The van der Waals surface area contributed by atoms with E-state index in [9.17, 15) is 17.6 Å². The van der Waals surface area contributed by atoms with Gasteiger partial charge in [0.25, 0.3) is 10.0 Å². The Morgan fingerprint density at radius 2 is 1.86 bits per heavy atom. The minimum atomic E-state index is -3.98. The second-order valence-corrected chi connectivity index (χ2v) is 10.7. The summed E-state index contributed by atoms with van der Waals surface area (Å²) >= 11 is 0. The maximum Gasteiger partial charge on any atom is 0.261 e. The molecule has 2 atom stereocenters. The van der Waals surface area contributed by atoms with E-state index in [-0.39, 0.29) is 28.2 Å². The third-order valence-corrected chi connectivity index (χ3v) is 7.09. The van der Waals surface area contributed by atoms with Gasteiger partial charge in [-0.05, 0) is 50.1 Å². The molecule has 0 fully saturated rings. The number of aromatic nitrogens is 2. The zero-order chi connectivity index (χ0) is 25.8. The highest BCUT2D eigenvalue weighted by atomic mass is 32.2. The summed E-state index contributed by atoms with van der Waals surface area (Å²) in [7, 11) is -3.98. The zero-order valence-corrected chi connectivity index (χ0v) is 20.9. The van der Waals surface area contributed by atoms with Crippen LogP contribution in [0.2, 0.25) is 0 Å². The maximum absolute atomic E-state index is 13.1. The molecule has 0 spiro atoms. The smallest absolute Gasteiger partial charge is 0.261 e. The fourth-order valence-corrected chi connectivity index (χ4v) is 4.12. The van der Waals surface area contributed by atoms with Gasteiger partial charge >= 0.3 is 0 Å². The third-order valence-electron chi connectivity index (χ3n) is 5.71. The van der Waals surface area contributed by atoms with Crippen molar-refractivity contribution in [2.45, 2.75) is 45.1 Å². The van der Waals surface area contributed by atoms with Crippen molar-refractivity contribution in [1.82, 2.24) is 10.1 Å². The van der Waals surface area contributed by atoms with Crippen molar-refractivity contribution in [3.8, 4) is 11.4 Å². The lowest BCUT2D eigenvalue weighted by molar-refractivity contribution is -0.124. The highest BCUT2D eigenvalue weighted by molar-refractivity contribution is 7.92. The molecule has 0 aliphatic rings. The number of nitrogens with one attached hydrogen (secondary N) is 2. The molecule has 0 saturated heterocycles. The summed E-state index contributed by atoms with van der Waals surface area (Å²) in [4.78, 5) is 16.6. The molecule has 3 aromatic rings. The second-order valence-electron chi connectivity index (χ2n) is 9.05. The molecule has 11 heteroatoms. The van der Waals surface area contributed by atoms with Crippen molar-refractivity contribution in [3.63, 3.8) is 0 Å². The summed E-state index contributed by atoms with van der Waals surface area (Å²) in [6.07, 6.45) is 0.844. The summed E-state index contributed by atoms with van der Waals surface area (Å²) in [5.41, 5.74) is 5.97. The first kappa shape index (κ1) is 26.3. The number of nitrogens with zero attached hydrogens (tertiary/aromatic N) is 2. The molecule has 0 aliphatic heterocycles. The van der Waals surface area contributed by atoms with E-state index in [1.165, 1.54) is 32.0 Å². The number of carbonyl (C=O) groups excluding carboxylic acids is 1. The Morgan fingerprint density at radius 3 is 2.54 bits per heavy atom. The molecule has 0 radical (unpaired) electrons. The van der Waals surface area contributed by atoms with E-state index in [1.807, 2.05) is 13.8 Å². The normalized spacial score (nSPS) is 13.8. The topological polar surface area (TPSA) is 140 Å². The van der Waals surface area contributed by atoms with Crippen molar-refractivity contribution >= 4 is 27.3 Å². The second kappa shape index (κ2) is 10.5. The van der Waals surface area contributed by atoms with Crippen LogP contribution in [-0.4, -0.2) is 31.1 Å². The Labute approximate surface area is 204 Å². The first-order valence-corrected chi connectivity index (χ1v) is 12.6. The van der Waals surface area contributed by atoms with E-state index >= 15 is 0 Å². The van der Waals surface area contributed by atoms with Crippen molar-refractivity contribution in [2.75, 3.05) is 16.7 Å². The van der Waals surface area contributed by atoms with Crippen LogP contribution in [-0.2, 0) is 14.8 Å². The summed E-state index contributed by atoms with van der Waals surface area (Å²) < 4.78 is 46.9. The number of carbonyl (C=O) groups is 1. The van der Waals surface area contributed by atoms with E-state index in [0.29, 0.717) is 11.3 Å². The van der Waals surface area contributed by atoms with Gasteiger partial charge in [-0.2, -0.15) is 4.98 Å². The number of hydrogen-bond acceptors (Lipinski definition) is 7. The molecule has 0 aliphatic carbocycles. The number of sulfonamides is 1.